The summed E-state index contributed by atoms with van der Waals surface area (Å²) >= 11 is 0. The summed E-state index contributed by atoms with van der Waals surface area (Å²) in [6.07, 6.45) is 2.20. The SMILES string of the molecule is CC(C)=CC1C(C(=O)OC(C)(C)c2ccccc2)C1(C)C. The van der Waals surface area contributed by atoms with Crippen LogP contribution in [0.25, 0.3) is 0 Å². The Morgan fingerprint density at radius 2 is 1.76 bits per heavy atom. The molecule has 1 fully saturated rings. The highest BCUT2D eigenvalue weighted by Gasteiger charge is 2.61. The summed E-state index contributed by atoms with van der Waals surface area (Å²) in [6, 6.07) is 9.91. The van der Waals surface area contributed by atoms with Crippen molar-refractivity contribution in [2.24, 2.45) is 17.3 Å². The first-order valence-electron chi connectivity index (χ1n) is 7.59. The number of allylic oxidation sites excluding steroid dienone is 2. The molecule has 1 aromatic rings. The van der Waals surface area contributed by atoms with Crippen LogP contribution in [-0.4, -0.2) is 5.97 Å². The van der Waals surface area contributed by atoms with Gasteiger partial charge in [-0.2, -0.15) is 0 Å². The molecule has 1 aliphatic carbocycles. The standard InChI is InChI=1S/C19H26O2/c1-13(2)12-15-16(18(15,3)4)17(20)21-19(5,6)14-10-8-7-9-11-14/h7-12,15-16H,1-6H3. The van der Waals surface area contributed by atoms with Crippen molar-refractivity contribution < 1.29 is 9.53 Å². The number of carbonyl (C=O) groups is 1. The zero-order valence-electron chi connectivity index (χ0n) is 13.9. The maximum atomic E-state index is 12.6. The van der Waals surface area contributed by atoms with Crippen molar-refractivity contribution >= 4 is 5.97 Å². The molecule has 0 aromatic heterocycles. The summed E-state index contributed by atoms with van der Waals surface area (Å²) in [7, 11) is 0. The van der Waals surface area contributed by atoms with E-state index in [9.17, 15) is 4.79 Å². The smallest absolute Gasteiger partial charge is 0.310 e. The van der Waals surface area contributed by atoms with Crippen LogP contribution in [0.4, 0.5) is 0 Å². The van der Waals surface area contributed by atoms with Crippen molar-refractivity contribution in [3.05, 3.63) is 47.5 Å². The molecule has 0 radical (unpaired) electrons. The van der Waals surface area contributed by atoms with Crippen LogP contribution >= 0.6 is 0 Å². The number of hydrogen-bond donors (Lipinski definition) is 0. The Hall–Kier alpha value is -1.57. The summed E-state index contributed by atoms with van der Waals surface area (Å²) in [5, 5.41) is 0. The predicted molar refractivity (Wildman–Crippen MR) is 85.8 cm³/mol. The summed E-state index contributed by atoms with van der Waals surface area (Å²) in [5.41, 5.74) is 1.69. The largest absolute Gasteiger partial charge is 0.455 e. The van der Waals surface area contributed by atoms with Crippen LogP contribution in [0.1, 0.15) is 47.1 Å². The van der Waals surface area contributed by atoms with Gasteiger partial charge in [-0.3, -0.25) is 4.79 Å². The minimum Gasteiger partial charge on any atom is -0.455 e. The fraction of sp³-hybridized carbons (Fsp3) is 0.526. The third kappa shape index (κ3) is 3.20. The molecule has 2 heteroatoms. The molecule has 21 heavy (non-hydrogen) atoms. The van der Waals surface area contributed by atoms with E-state index in [-0.39, 0.29) is 17.3 Å². The third-order valence-electron chi connectivity index (χ3n) is 4.50. The highest BCUT2D eigenvalue weighted by atomic mass is 16.6. The van der Waals surface area contributed by atoms with Crippen LogP contribution < -0.4 is 0 Å². The molecule has 1 aliphatic rings. The quantitative estimate of drug-likeness (QED) is 0.592. The highest BCUT2D eigenvalue weighted by molar-refractivity contribution is 5.78. The van der Waals surface area contributed by atoms with Gasteiger partial charge in [0.25, 0.3) is 0 Å². The Kier molecular flexibility index (Phi) is 4.01. The van der Waals surface area contributed by atoms with Gasteiger partial charge in [-0.1, -0.05) is 55.8 Å². The van der Waals surface area contributed by atoms with Crippen LogP contribution in [0, 0.1) is 17.3 Å². The fourth-order valence-corrected chi connectivity index (χ4v) is 3.01. The maximum absolute atomic E-state index is 12.6. The van der Waals surface area contributed by atoms with E-state index >= 15 is 0 Å². The monoisotopic (exact) mass is 286 g/mol. The van der Waals surface area contributed by atoms with E-state index < -0.39 is 5.60 Å². The van der Waals surface area contributed by atoms with Gasteiger partial charge in [0.1, 0.15) is 5.60 Å². The van der Waals surface area contributed by atoms with E-state index in [0.29, 0.717) is 5.92 Å². The van der Waals surface area contributed by atoms with Crippen molar-refractivity contribution in [1.82, 2.24) is 0 Å². The molecule has 0 N–H and O–H groups in total. The molecule has 114 valence electrons. The van der Waals surface area contributed by atoms with Crippen molar-refractivity contribution in [3.63, 3.8) is 0 Å². The number of rotatable bonds is 4. The molecule has 2 rings (SSSR count). The summed E-state index contributed by atoms with van der Waals surface area (Å²) in [5.74, 6) is 0.174. The van der Waals surface area contributed by atoms with Gasteiger partial charge in [0, 0.05) is 0 Å². The normalized spacial score (nSPS) is 23.3. The molecule has 0 spiro atoms. The molecule has 0 amide bonds. The van der Waals surface area contributed by atoms with Crippen LogP contribution in [0.5, 0.6) is 0 Å². The first-order chi connectivity index (χ1) is 9.66. The Balaban J connectivity index is 2.11. The van der Waals surface area contributed by atoms with Crippen molar-refractivity contribution in [3.8, 4) is 0 Å². The summed E-state index contributed by atoms with van der Waals surface area (Å²) in [4.78, 5) is 12.6. The lowest BCUT2D eigenvalue weighted by Gasteiger charge is -2.26. The number of ether oxygens (including phenoxy) is 1. The molecule has 0 aliphatic heterocycles. The van der Waals surface area contributed by atoms with Gasteiger partial charge in [-0.05, 0) is 44.6 Å². The molecule has 0 saturated heterocycles. The van der Waals surface area contributed by atoms with Gasteiger partial charge in [0.2, 0.25) is 0 Å². The Labute approximate surface area is 128 Å². The Bertz CT molecular complexity index is 548. The lowest BCUT2D eigenvalue weighted by atomic mass is 9.98. The van der Waals surface area contributed by atoms with Gasteiger partial charge in [-0.15, -0.1) is 0 Å². The third-order valence-corrected chi connectivity index (χ3v) is 4.50. The molecule has 1 aromatic carbocycles. The van der Waals surface area contributed by atoms with E-state index in [2.05, 4.69) is 33.8 Å². The van der Waals surface area contributed by atoms with E-state index in [1.165, 1.54) is 5.57 Å². The van der Waals surface area contributed by atoms with Gasteiger partial charge < -0.3 is 4.74 Å². The van der Waals surface area contributed by atoms with Crippen LogP contribution in [0.3, 0.4) is 0 Å². The second-order valence-electron chi connectivity index (χ2n) is 7.37. The van der Waals surface area contributed by atoms with E-state index in [0.717, 1.165) is 5.56 Å². The van der Waals surface area contributed by atoms with Crippen molar-refractivity contribution in [1.29, 1.82) is 0 Å². The Morgan fingerprint density at radius 1 is 1.19 bits per heavy atom. The first-order valence-corrected chi connectivity index (χ1v) is 7.59. The minimum absolute atomic E-state index is 0.00111. The second kappa shape index (κ2) is 5.32. The van der Waals surface area contributed by atoms with Gasteiger partial charge in [0.05, 0.1) is 5.92 Å². The predicted octanol–water partition coefficient (Wildman–Crippen LogP) is 4.70. The topological polar surface area (TPSA) is 26.3 Å². The molecule has 2 atom stereocenters. The molecular formula is C19H26O2. The van der Waals surface area contributed by atoms with E-state index in [4.69, 9.17) is 4.74 Å². The summed E-state index contributed by atoms with van der Waals surface area (Å²) in [6.45, 7) is 12.3. The van der Waals surface area contributed by atoms with Gasteiger partial charge >= 0.3 is 5.97 Å². The Morgan fingerprint density at radius 3 is 2.29 bits per heavy atom. The molecule has 2 unspecified atom stereocenters. The fourth-order valence-electron chi connectivity index (χ4n) is 3.01. The zero-order chi connectivity index (χ0) is 15.8. The second-order valence-corrected chi connectivity index (χ2v) is 7.37. The number of esters is 1. The average molecular weight is 286 g/mol. The zero-order valence-corrected chi connectivity index (χ0v) is 13.9. The van der Waals surface area contributed by atoms with Crippen LogP contribution in [0.2, 0.25) is 0 Å². The first kappa shape index (κ1) is 15.8. The molecular weight excluding hydrogens is 260 g/mol. The molecule has 0 bridgehead atoms. The highest BCUT2D eigenvalue weighted by Crippen LogP contribution is 2.60. The molecule has 2 nitrogen and oxygen atoms in total. The van der Waals surface area contributed by atoms with E-state index in [1.807, 2.05) is 44.2 Å². The van der Waals surface area contributed by atoms with Gasteiger partial charge in [-0.25, -0.2) is 0 Å². The van der Waals surface area contributed by atoms with E-state index in [1.54, 1.807) is 0 Å². The maximum Gasteiger partial charge on any atom is 0.310 e. The molecule has 0 heterocycles. The molecule has 1 saturated carbocycles. The number of hydrogen-bond acceptors (Lipinski definition) is 2. The lowest BCUT2D eigenvalue weighted by Crippen LogP contribution is -2.27. The summed E-state index contributed by atoms with van der Waals surface area (Å²) < 4.78 is 5.83. The van der Waals surface area contributed by atoms with Crippen LogP contribution in [-0.2, 0) is 15.1 Å². The average Bonchev–Trinajstić information content (AvgIpc) is 2.90. The number of carbonyl (C=O) groups excluding carboxylic acids is 1. The lowest BCUT2D eigenvalue weighted by molar-refractivity contribution is -0.160. The minimum atomic E-state index is -0.591. The van der Waals surface area contributed by atoms with Gasteiger partial charge in [0.15, 0.2) is 0 Å². The van der Waals surface area contributed by atoms with Crippen molar-refractivity contribution in [2.75, 3.05) is 0 Å². The van der Waals surface area contributed by atoms with Crippen molar-refractivity contribution in [2.45, 2.75) is 47.1 Å². The number of benzene rings is 1. The van der Waals surface area contributed by atoms with Crippen LogP contribution in [0.15, 0.2) is 42.0 Å².